The fourth-order valence-electron chi connectivity index (χ4n) is 3.44. The number of ether oxygens (including phenoxy) is 1. The molecule has 1 unspecified atom stereocenters. The van der Waals surface area contributed by atoms with Gasteiger partial charge in [-0.25, -0.2) is 20.0 Å². The summed E-state index contributed by atoms with van der Waals surface area (Å²) >= 11 is 1.27. The number of pyridine rings is 1. The van der Waals surface area contributed by atoms with Gasteiger partial charge in [0.1, 0.15) is 11.4 Å². The number of amides is 1. The van der Waals surface area contributed by atoms with Crippen LogP contribution >= 0.6 is 11.3 Å². The molecule has 0 saturated carbocycles. The van der Waals surface area contributed by atoms with Crippen LogP contribution in [0.3, 0.4) is 0 Å². The third-order valence-corrected chi connectivity index (χ3v) is 6.22. The summed E-state index contributed by atoms with van der Waals surface area (Å²) in [6, 6.07) is 16.4. The van der Waals surface area contributed by atoms with E-state index in [1.165, 1.54) is 16.0 Å². The lowest BCUT2D eigenvalue weighted by Crippen LogP contribution is -2.32. The molecule has 1 N–H and O–H groups in total. The molecule has 162 valence electrons. The average molecular weight is 449 g/mol. The van der Waals surface area contributed by atoms with Crippen LogP contribution in [0.15, 0.2) is 60.8 Å². The van der Waals surface area contributed by atoms with E-state index in [4.69, 9.17) is 9.57 Å². The Balaban J connectivity index is 1.27. The first-order valence-electron chi connectivity index (χ1n) is 10.3. The predicted molar refractivity (Wildman–Crippen MR) is 119 cm³/mol. The number of nitrogens with one attached hydrogen (secondary N) is 1. The normalized spacial score (nSPS) is 16.2. The van der Waals surface area contributed by atoms with Crippen LogP contribution < -0.4 is 5.48 Å². The first kappa shape index (κ1) is 20.5. The Labute approximate surface area is 187 Å². The molecule has 32 heavy (non-hydrogen) atoms. The maximum absolute atomic E-state index is 12.8. The molecule has 0 radical (unpaired) electrons. The summed E-state index contributed by atoms with van der Waals surface area (Å²) in [6.07, 6.45) is 3.97. The Morgan fingerprint density at radius 1 is 1.09 bits per heavy atom. The Bertz CT molecular complexity index is 1280. The lowest BCUT2D eigenvalue weighted by Gasteiger charge is -2.21. The number of thiophene rings is 1. The van der Waals surface area contributed by atoms with E-state index in [2.05, 4.69) is 15.6 Å². The van der Waals surface area contributed by atoms with Gasteiger partial charge in [0.15, 0.2) is 6.29 Å². The molecule has 1 aromatic carbocycles. The largest absolute Gasteiger partial charge is 0.350 e. The average Bonchev–Trinajstić information content (AvgIpc) is 3.52. The highest BCUT2D eigenvalue weighted by molar-refractivity contribution is 7.17. The second-order valence-corrected chi connectivity index (χ2v) is 8.43. The van der Waals surface area contributed by atoms with Gasteiger partial charge >= 0.3 is 0 Å². The van der Waals surface area contributed by atoms with Gasteiger partial charge in [-0.1, -0.05) is 24.3 Å². The molecule has 1 atom stereocenters. The van der Waals surface area contributed by atoms with Gasteiger partial charge in [0.2, 0.25) is 0 Å². The summed E-state index contributed by atoms with van der Waals surface area (Å²) in [5.41, 5.74) is 4.11. The molecule has 4 aromatic rings. The van der Waals surface area contributed by atoms with Gasteiger partial charge in [-0.15, -0.1) is 11.3 Å². The topological polar surface area (TPSA) is 95.3 Å². The Hall–Kier alpha value is -3.40. The molecule has 1 aliphatic rings. The van der Waals surface area contributed by atoms with Crippen molar-refractivity contribution >= 4 is 34.1 Å². The number of hydrogen-bond acceptors (Lipinski definition) is 7. The highest BCUT2D eigenvalue weighted by Gasteiger charge is 2.18. The Kier molecular flexibility index (Phi) is 5.76. The van der Waals surface area contributed by atoms with Crippen molar-refractivity contribution in [1.82, 2.24) is 20.2 Å². The van der Waals surface area contributed by atoms with E-state index in [-0.39, 0.29) is 11.8 Å². The number of hydrogen-bond donors (Lipinski definition) is 1. The Morgan fingerprint density at radius 2 is 2.00 bits per heavy atom. The monoisotopic (exact) mass is 448 g/mol. The maximum Gasteiger partial charge on any atom is 0.296 e. The summed E-state index contributed by atoms with van der Waals surface area (Å²) in [5.74, 6) is -0.663. The van der Waals surface area contributed by atoms with Crippen molar-refractivity contribution < 1.29 is 19.2 Å². The minimum absolute atomic E-state index is 0.312. The third kappa shape index (κ3) is 4.31. The van der Waals surface area contributed by atoms with Crippen LogP contribution in [0.5, 0.6) is 0 Å². The minimum atomic E-state index is -0.405. The van der Waals surface area contributed by atoms with E-state index in [0.717, 1.165) is 35.0 Å². The van der Waals surface area contributed by atoms with E-state index >= 15 is 0 Å². The van der Waals surface area contributed by atoms with Crippen molar-refractivity contribution in [2.75, 3.05) is 6.61 Å². The van der Waals surface area contributed by atoms with Crippen LogP contribution in [0.1, 0.15) is 39.4 Å². The van der Waals surface area contributed by atoms with Gasteiger partial charge in [0.05, 0.1) is 15.3 Å². The van der Waals surface area contributed by atoms with Gasteiger partial charge in [0, 0.05) is 24.6 Å². The van der Waals surface area contributed by atoms with E-state index < -0.39 is 6.29 Å². The minimum Gasteiger partial charge on any atom is -0.350 e. The van der Waals surface area contributed by atoms with Crippen molar-refractivity contribution in [3.63, 3.8) is 0 Å². The molecule has 0 spiro atoms. The number of nitrogens with zero attached hydrogens (tertiary/aromatic N) is 3. The summed E-state index contributed by atoms with van der Waals surface area (Å²) in [6.45, 7) is 0.639. The van der Waals surface area contributed by atoms with Crippen molar-refractivity contribution in [2.24, 2.45) is 0 Å². The van der Waals surface area contributed by atoms with Crippen LogP contribution in [0.4, 0.5) is 0 Å². The van der Waals surface area contributed by atoms with Crippen molar-refractivity contribution in [3.05, 3.63) is 71.4 Å². The first-order chi connectivity index (χ1) is 15.7. The van der Waals surface area contributed by atoms with Gasteiger partial charge in [0.25, 0.3) is 11.8 Å². The number of hydroxylamine groups is 1. The quantitative estimate of drug-likeness (QED) is 0.463. The van der Waals surface area contributed by atoms with Crippen molar-refractivity contribution in [3.8, 4) is 10.6 Å². The van der Waals surface area contributed by atoms with Gasteiger partial charge < -0.3 is 4.74 Å². The second-order valence-electron chi connectivity index (χ2n) is 7.35. The zero-order valence-electron chi connectivity index (χ0n) is 17.1. The number of rotatable bonds is 5. The van der Waals surface area contributed by atoms with Crippen LogP contribution in [-0.4, -0.2) is 39.5 Å². The fourth-order valence-corrected chi connectivity index (χ4v) is 4.30. The number of para-hydroxylation sites is 1. The molecule has 3 aromatic heterocycles. The number of carbonyl (C=O) groups excluding carboxylic acids is 2. The number of benzene rings is 1. The zero-order chi connectivity index (χ0) is 21.9. The molecule has 9 heteroatoms. The molecule has 1 amide bonds. The first-order valence-corrected chi connectivity index (χ1v) is 11.1. The number of fused-ring (bicyclic) bond motifs is 1. The maximum atomic E-state index is 12.8. The number of aromatic nitrogens is 3. The summed E-state index contributed by atoms with van der Waals surface area (Å²) in [7, 11) is 0. The molecule has 0 bridgehead atoms. The molecular formula is C23H20N4O4S. The number of carbonyl (C=O) groups is 2. The molecule has 8 nitrogen and oxygen atoms in total. The molecule has 0 aliphatic carbocycles. The molecular weight excluding hydrogens is 428 g/mol. The molecule has 5 rings (SSSR count). The molecule has 1 saturated heterocycles. The van der Waals surface area contributed by atoms with Crippen molar-refractivity contribution in [2.45, 2.75) is 25.6 Å². The van der Waals surface area contributed by atoms with Gasteiger partial charge in [-0.3, -0.25) is 9.59 Å². The van der Waals surface area contributed by atoms with E-state index in [9.17, 15) is 9.59 Å². The van der Waals surface area contributed by atoms with Gasteiger partial charge in [-0.2, -0.15) is 5.10 Å². The van der Waals surface area contributed by atoms with E-state index in [1.54, 1.807) is 30.5 Å². The third-order valence-electron chi connectivity index (χ3n) is 5.12. The highest BCUT2D eigenvalue weighted by Crippen LogP contribution is 2.27. The second kappa shape index (κ2) is 8.99. The van der Waals surface area contributed by atoms with E-state index in [0.29, 0.717) is 22.9 Å². The predicted octanol–water partition coefficient (Wildman–Crippen LogP) is 4.04. The lowest BCUT2D eigenvalue weighted by atomic mass is 10.2. The molecule has 4 heterocycles. The summed E-state index contributed by atoms with van der Waals surface area (Å²) in [5, 5.41) is 5.35. The fraction of sp³-hybridized carbons (Fsp3) is 0.217. The Morgan fingerprint density at radius 3 is 2.88 bits per heavy atom. The van der Waals surface area contributed by atoms with Crippen molar-refractivity contribution in [1.29, 1.82) is 0 Å². The highest BCUT2D eigenvalue weighted by atomic mass is 32.1. The van der Waals surface area contributed by atoms with Crippen LogP contribution in [-0.2, 0) is 9.57 Å². The molecule has 1 aliphatic heterocycles. The zero-order valence-corrected chi connectivity index (χ0v) is 17.9. The summed E-state index contributed by atoms with van der Waals surface area (Å²) in [4.78, 5) is 36.2. The summed E-state index contributed by atoms with van der Waals surface area (Å²) < 4.78 is 6.70. The van der Waals surface area contributed by atoms with Crippen LogP contribution in [0.2, 0.25) is 0 Å². The van der Waals surface area contributed by atoms with Crippen LogP contribution in [0.25, 0.3) is 21.5 Å². The van der Waals surface area contributed by atoms with E-state index in [1.807, 2.05) is 30.3 Å². The SMILES string of the molecule is O=C(NOC1CCCCO1)c1ccc(-c2ccn(C(=O)c3ccc4ccccc4n3)n2)s1. The smallest absolute Gasteiger partial charge is 0.296 e. The lowest BCUT2D eigenvalue weighted by molar-refractivity contribution is -0.186. The van der Waals surface area contributed by atoms with Gasteiger partial charge in [-0.05, 0) is 43.2 Å². The standard InChI is InChI=1S/C23H20N4O4S/c28-22(26-31-21-7-3-4-14-30-21)20-11-10-19(32-20)17-12-13-27(25-17)23(29)18-9-8-15-5-1-2-6-16(15)24-18/h1-2,5-6,8-13,21H,3-4,7,14H2,(H,26,28). The van der Waals surface area contributed by atoms with Crippen LogP contribution in [0, 0.1) is 0 Å². The molecule has 1 fully saturated rings.